The fourth-order valence-corrected chi connectivity index (χ4v) is 3.44. The molecular weight excluding hydrogens is 347 g/mol. The Morgan fingerprint density at radius 2 is 1.54 bits per heavy atom. The quantitative estimate of drug-likeness (QED) is 0.369. The average Bonchev–Trinajstić information content (AvgIpc) is 2.45. The lowest BCUT2D eigenvalue weighted by Gasteiger charge is -2.43. The fraction of sp³-hybridized carbons (Fsp3) is 1.00. The van der Waals surface area contributed by atoms with Gasteiger partial charge in [0.15, 0.2) is 0 Å². The van der Waals surface area contributed by atoms with Crippen molar-refractivity contribution >= 4 is 8.03 Å². The lowest BCUT2D eigenvalue weighted by Crippen LogP contribution is -2.50. The normalized spacial score (nSPS) is 21.0. The van der Waals surface area contributed by atoms with Gasteiger partial charge in [0, 0.05) is 19.4 Å². The van der Waals surface area contributed by atoms with Crippen LogP contribution in [0.3, 0.4) is 0 Å². The van der Waals surface area contributed by atoms with Crippen LogP contribution in [0.15, 0.2) is 0 Å². The first kappa shape index (κ1) is 23.9. The first-order valence-corrected chi connectivity index (χ1v) is 9.70. The molecule has 0 saturated heterocycles. The molecule has 8 heteroatoms. The first-order chi connectivity index (χ1) is 10.7. The van der Waals surface area contributed by atoms with Gasteiger partial charge in [-0.25, -0.2) is 8.78 Å². The summed E-state index contributed by atoms with van der Waals surface area (Å²) in [5, 5.41) is -1.22. The van der Waals surface area contributed by atoms with E-state index < -0.39 is 36.5 Å². The van der Waals surface area contributed by atoms with Crippen LogP contribution in [0.4, 0.5) is 17.6 Å². The minimum Gasteiger partial charge on any atom is -0.365 e. The van der Waals surface area contributed by atoms with Gasteiger partial charge in [0.1, 0.15) is 5.34 Å². The molecule has 4 unspecified atom stereocenters. The Morgan fingerprint density at radius 3 is 1.83 bits per heavy atom. The second-order valence-corrected chi connectivity index (χ2v) is 8.64. The lowest BCUT2D eigenvalue weighted by atomic mass is 9.67. The van der Waals surface area contributed by atoms with E-state index >= 15 is 0 Å². The van der Waals surface area contributed by atoms with E-state index in [2.05, 4.69) is 0 Å². The van der Waals surface area contributed by atoms with Crippen molar-refractivity contribution in [3.63, 3.8) is 0 Å². The molecule has 0 amide bonds. The molecule has 3 nitrogen and oxygen atoms in total. The van der Waals surface area contributed by atoms with E-state index in [4.69, 9.17) is 4.74 Å². The summed E-state index contributed by atoms with van der Waals surface area (Å²) in [6.45, 7) is 8.10. The largest absolute Gasteiger partial charge is 0.365 e. The molecule has 0 aromatic heterocycles. The van der Waals surface area contributed by atoms with Gasteiger partial charge in [-0.05, 0) is 31.6 Å². The van der Waals surface area contributed by atoms with E-state index in [1.807, 2.05) is 0 Å². The van der Waals surface area contributed by atoms with Crippen LogP contribution in [0.2, 0.25) is 0 Å². The summed E-state index contributed by atoms with van der Waals surface area (Å²) in [4.78, 5) is 9.35. The summed E-state index contributed by atoms with van der Waals surface area (Å²) in [5.74, 6) is -9.76. The number of hydrogen-bond acceptors (Lipinski definition) is 2. The van der Waals surface area contributed by atoms with Gasteiger partial charge < -0.3 is 9.63 Å². The number of rotatable bonds is 11. The van der Waals surface area contributed by atoms with Crippen LogP contribution in [0, 0.1) is 11.3 Å². The molecule has 4 atom stereocenters. The molecule has 0 aliphatic heterocycles. The third kappa shape index (κ3) is 5.18. The van der Waals surface area contributed by atoms with E-state index in [0.717, 1.165) is 0 Å². The highest BCUT2D eigenvalue weighted by Gasteiger charge is 2.61. The molecule has 0 aliphatic rings. The Hall–Kier alpha value is -0.130. The van der Waals surface area contributed by atoms with Crippen molar-refractivity contribution in [1.29, 1.82) is 0 Å². The van der Waals surface area contributed by atoms with Crippen molar-refractivity contribution < 1.29 is 31.8 Å². The number of halogens is 4. The Kier molecular flexibility index (Phi) is 8.46. The fourth-order valence-electron chi connectivity index (χ4n) is 2.91. The van der Waals surface area contributed by atoms with Crippen molar-refractivity contribution in [2.24, 2.45) is 11.3 Å². The van der Waals surface area contributed by atoms with Crippen LogP contribution in [-0.4, -0.2) is 28.7 Å². The maximum Gasteiger partial charge on any atom is 0.313 e. The van der Waals surface area contributed by atoms with Crippen molar-refractivity contribution in [2.75, 3.05) is 6.61 Å². The summed E-state index contributed by atoms with van der Waals surface area (Å²) in [6.07, 6.45) is 0.586. The second kappa shape index (κ2) is 8.50. The van der Waals surface area contributed by atoms with Gasteiger partial charge in [0.25, 0.3) is 0 Å². The smallest absolute Gasteiger partial charge is 0.313 e. The van der Waals surface area contributed by atoms with Crippen molar-refractivity contribution in [2.45, 2.75) is 84.4 Å². The molecule has 24 heavy (non-hydrogen) atoms. The summed E-state index contributed by atoms with van der Waals surface area (Å²) in [5.41, 5.74) is -1.07. The molecule has 0 aliphatic carbocycles. The van der Waals surface area contributed by atoms with Gasteiger partial charge in [-0.2, -0.15) is 8.78 Å². The molecule has 0 fully saturated rings. The van der Waals surface area contributed by atoms with E-state index in [9.17, 15) is 27.0 Å². The van der Waals surface area contributed by atoms with Gasteiger partial charge in [-0.15, -0.1) is 0 Å². The highest BCUT2D eigenvalue weighted by Crippen LogP contribution is 2.52. The zero-order valence-corrected chi connectivity index (χ0v) is 16.4. The lowest BCUT2D eigenvalue weighted by molar-refractivity contribution is -0.249. The van der Waals surface area contributed by atoms with Crippen molar-refractivity contribution in [3.05, 3.63) is 0 Å². The zero-order chi connectivity index (χ0) is 19.4. The molecule has 0 rings (SSSR count). The van der Waals surface area contributed by atoms with Gasteiger partial charge in [-0.3, -0.25) is 4.57 Å². The van der Waals surface area contributed by atoms with Crippen LogP contribution >= 0.6 is 8.03 Å². The standard InChI is InChI=1S/C16H31F4O3P/c1-7-12(16(19,20)15(6,17)18)13(4,8-2)10-11-23-14(5,9-3)24(21)22/h12,24H,7-11H2,1-6H3,(H,21,22). The third-order valence-electron chi connectivity index (χ3n) is 5.30. The van der Waals surface area contributed by atoms with Gasteiger partial charge in [0.05, 0.1) is 0 Å². The summed E-state index contributed by atoms with van der Waals surface area (Å²) < 4.78 is 72.2. The molecule has 146 valence electrons. The molecular formula is C16H31F4O3P. The molecule has 0 radical (unpaired) electrons. The monoisotopic (exact) mass is 378 g/mol. The van der Waals surface area contributed by atoms with E-state index in [0.29, 0.717) is 6.42 Å². The number of ether oxygens (including phenoxy) is 1. The van der Waals surface area contributed by atoms with Crippen LogP contribution in [0.25, 0.3) is 0 Å². The molecule has 0 aromatic carbocycles. The molecule has 1 N–H and O–H groups in total. The zero-order valence-electron chi connectivity index (χ0n) is 15.4. The molecule has 0 aromatic rings. The third-order valence-corrected chi connectivity index (χ3v) is 6.70. The SMILES string of the molecule is CCC(C(C)(CC)CCOC(C)(CC)[PH](=O)O)C(F)(F)C(C)(F)F. The van der Waals surface area contributed by atoms with Crippen molar-refractivity contribution in [1.82, 2.24) is 0 Å². The van der Waals surface area contributed by atoms with E-state index in [-0.39, 0.29) is 32.8 Å². The molecule has 0 saturated carbocycles. The number of alkyl halides is 4. The van der Waals surface area contributed by atoms with Gasteiger partial charge >= 0.3 is 11.8 Å². The Bertz CT molecular complexity index is 428. The number of hydrogen-bond donors (Lipinski definition) is 1. The predicted molar refractivity (Wildman–Crippen MR) is 88.2 cm³/mol. The minimum atomic E-state index is -4.13. The Balaban J connectivity index is 5.29. The summed E-state index contributed by atoms with van der Waals surface area (Å²) >= 11 is 0. The highest BCUT2D eigenvalue weighted by molar-refractivity contribution is 7.39. The topological polar surface area (TPSA) is 46.5 Å². The highest BCUT2D eigenvalue weighted by atomic mass is 31.1. The van der Waals surface area contributed by atoms with Gasteiger partial charge in [0.2, 0.25) is 8.03 Å². The summed E-state index contributed by atoms with van der Waals surface area (Å²) in [7, 11) is -2.96. The van der Waals surface area contributed by atoms with E-state index in [1.54, 1.807) is 20.8 Å². The van der Waals surface area contributed by atoms with Crippen LogP contribution < -0.4 is 0 Å². The van der Waals surface area contributed by atoms with E-state index in [1.165, 1.54) is 13.8 Å². The maximum absolute atomic E-state index is 14.3. The second-order valence-electron chi connectivity index (χ2n) is 6.97. The predicted octanol–water partition coefficient (Wildman–Crippen LogP) is 5.72. The summed E-state index contributed by atoms with van der Waals surface area (Å²) in [6, 6.07) is 0. The molecule has 0 heterocycles. The maximum atomic E-state index is 14.3. The molecule has 0 spiro atoms. The van der Waals surface area contributed by atoms with Crippen molar-refractivity contribution in [3.8, 4) is 0 Å². The molecule has 0 bridgehead atoms. The first-order valence-electron chi connectivity index (χ1n) is 8.34. The average molecular weight is 378 g/mol. The Morgan fingerprint density at radius 1 is 1.04 bits per heavy atom. The van der Waals surface area contributed by atoms with Crippen LogP contribution in [0.5, 0.6) is 0 Å². The Labute approximate surface area is 143 Å². The van der Waals surface area contributed by atoms with Gasteiger partial charge in [-0.1, -0.05) is 34.1 Å². The van der Waals surface area contributed by atoms with Crippen LogP contribution in [-0.2, 0) is 9.30 Å². The minimum absolute atomic E-state index is 0.0342. The van der Waals surface area contributed by atoms with Crippen LogP contribution in [0.1, 0.15) is 67.2 Å².